The summed E-state index contributed by atoms with van der Waals surface area (Å²) < 4.78 is 0. The molecule has 0 aliphatic carbocycles. The standard InChI is InChI=1S/C11H15ClN2/c1-14(2)11-7-3-6-10(12)9(11)5-4-8-13/h3-7H,8,13H2,1-2H3/b5-4+. The highest BCUT2D eigenvalue weighted by Gasteiger charge is 2.04. The number of nitrogens with two attached hydrogens (primary N) is 1. The molecule has 14 heavy (non-hydrogen) atoms. The Balaban J connectivity index is 3.15. The van der Waals surface area contributed by atoms with Gasteiger partial charge in [-0.1, -0.05) is 29.8 Å². The van der Waals surface area contributed by atoms with Gasteiger partial charge >= 0.3 is 0 Å². The number of hydrogen-bond acceptors (Lipinski definition) is 2. The Labute approximate surface area is 90.0 Å². The van der Waals surface area contributed by atoms with Crippen LogP contribution in [0, 0.1) is 0 Å². The monoisotopic (exact) mass is 210 g/mol. The van der Waals surface area contributed by atoms with Crippen molar-refractivity contribution in [2.75, 3.05) is 25.5 Å². The Morgan fingerprint density at radius 3 is 2.71 bits per heavy atom. The Kier molecular flexibility index (Phi) is 3.98. The lowest BCUT2D eigenvalue weighted by molar-refractivity contribution is 1.13. The predicted octanol–water partition coefficient (Wildman–Crippen LogP) is 2.38. The van der Waals surface area contributed by atoms with Crippen LogP contribution in [-0.2, 0) is 0 Å². The number of nitrogens with zero attached hydrogens (tertiary/aromatic N) is 1. The summed E-state index contributed by atoms with van der Waals surface area (Å²) in [7, 11) is 3.98. The van der Waals surface area contributed by atoms with E-state index in [1.165, 1.54) is 0 Å². The van der Waals surface area contributed by atoms with Gasteiger partial charge in [0.2, 0.25) is 0 Å². The molecule has 0 saturated carbocycles. The minimum Gasteiger partial charge on any atom is -0.377 e. The van der Waals surface area contributed by atoms with Gasteiger partial charge in [-0.05, 0) is 12.1 Å². The van der Waals surface area contributed by atoms with Crippen molar-refractivity contribution in [3.63, 3.8) is 0 Å². The highest BCUT2D eigenvalue weighted by atomic mass is 35.5. The molecule has 0 atom stereocenters. The van der Waals surface area contributed by atoms with Crippen LogP contribution in [0.1, 0.15) is 5.56 Å². The molecule has 1 aromatic rings. The van der Waals surface area contributed by atoms with E-state index in [1.54, 1.807) is 0 Å². The third-order valence-corrected chi connectivity index (χ3v) is 2.26. The molecule has 0 radical (unpaired) electrons. The predicted molar refractivity (Wildman–Crippen MR) is 63.9 cm³/mol. The molecule has 76 valence electrons. The minimum absolute atomic E-state index is 0.526. The molecule has 1 rings (SSSR count). The largest absolute Gasteiger partial charge is 0.377 e. The quantitative estimate of drug-likeness (QED) is 0.830. The lowest BCUT2D eigenvalue weighted by Gasteiger charge is -2.16. The normalized spacial score (nSPS) is 10.9. The van der Waals surface area contributed by atoms with Crippen LogP contribution < -0.4 is 10.6 Å². The molecule has 1 aromatic carbocycles. The molecule has 0 heterocycles. The average Bonchev–Trinajstić information content (AvgIpc) is 2.15. The zero-order valence-electron chi connectivity index (χ0n) is 8.50. The van der Waals surface area contributed by atoms with E-state index in [0.717, 1.165) is 16.3 Å². The van der Waals surface area contributed by atoms with Crippen LogP contribution in [0.15, 0.2) is 24.3 Å². The van der Waals surface area contributed by atoms with Crippen molar-refractivity contribution in [3.05, 3.63) is 34.9 Å². The summed E-state index contributed by atoms with van der Waals surface area (Å²) in [5, 5.41) is 0.751. The molecule has 0 spiro atoms. The minimum atomic E-state index is 0.526. The highest BCUT2D eigenvalue weighted by Crippen LogP contribution is 2.27. The molecule has 0 aromatic heterocycles. The van der Waals surface area contributed by atoms with Crippen LogP contribution >= 0.6 is 11.6 Å². The van der Waals surface area contributed by atoms with Crippen LogP contribution in [0.2, 0.25) is 5.02 Å². The Morgan fingerprint density at radius 1 is 1.43 bits per heavy atom. The van der Waals surface area contributed by atoms with Gasteiger partial charge in [-0.2, -0.15) is 0 Å². The Morgan fingerprint density at radius 2 is 2.14 bits per heavy atom. The van der Waals surface area contributed by atoms with Crippen LogP contribution in [0.4, 0.5) is 5.69 Å². The summed E-state index contributed by atoms with van der Waals surface area (Å²) in [6, 6.07) is 5.85. The fourth-order valence-corrected chi connectivity index (χ4v) is 1.50. The van der Waals surface area contributed by atoms with Gasteiger partial charge < -0.3 is 10.6 Å². The lowest BCUT2D eigenvalue weighted by Crippen LogP contribution is -2.10. The molecule has 0 aliphatic heterocycles. The third-order valence-electron chi connectivity index (χ3n) is 1.93. The molecule has 2 nitrogen and oxygen atoms in total. The van der Waals surface area contributed by atoms with Crippen LogP contribution in [0.25, 0.3) is 6.08 Å². The van der Waals surface area contributed by atoms with Gasteiger partial charge in [-0.25, -0.2) is 0 Å². The van der Waals surface area contributed by atoms with Crippen molar-refractivity contribution in [3.8, 4) is 0 Å². The maximum atomic E-state index is 6.09. The van der Waals surface area contributed by atoms with Crippen molar-refractivity contribution in [1.29, 1.82) is 0 Å². The third kappa shape index (κ3) is 2.50. The first-order valence-electron chi connectivity index (χ1n) is 4.49. The van der Waals surface area contributed by atoms with E-state index in [-0.39, 0.29) is 0 Å². The van der Waals surface area contributed by atoms with Crippen molar-refractivity contribution in [1.82, 2.24) is 0 Å². The SMILES string of the molecule is CN(C)c1cccc(Cl)c1/C=C/CN. The number of hydrogen-bond donors (Lipinski definition) is 1. The van der Waals surface area contributed by atoms with Gasteiger partial charge in [0.1, 0.15) is 0 Å². The van der Waals surface area contributed by atoms with Crippen molar-refractivity contribution < 1.29 is 0 Å². The Bertz CT molecular complexity index is 332. The smallest absolute Gasteiger partial charge is 0.0499 e. The molecular weight excluding hydrogens is 196 g/mol. The number of rotatable bonds is 3. The van der Waals surface area contributed by atoms with Gasteiger partial charge in [-0.3, -0.25) is 0 Å². The Hall–Kier alpha value is -0.990. The van der Waals surface area contributed by atoms with Crippen molar-refractivity contribution in [2.45, 2.75) is 0 Å². The van der Waals surface area contributed by atoms with Gasteiger partial charge in [0.25, 0.3) is 0 Å². The lowest BCUT2D eigenvalue weighted by atomic mass is 10.1. The number of benzene rings is 1. The summed E-state index contributed by atoms with van der Waals surface area (Å²) in [5.74, 6) is 0. The van der Waals surface area contributed by atoms with Crippen LogP contribution in [0.3, 0.4) is 0 Å². The summed E-state index contributed by atoms with van der Waals surface area (Å²) in [6.45, 7) is 0.526. The average molecular weight is 211 g/mol. The van der Waals surface area contributed by atoms with E-state index < -0.39 is 0 Å². The molecule has 0 fully saturated rings. The van der Waals surface area contributed by atoms with E-state index >= 15 is 0 Å². The van der Waals surface area contributed by atoms with E-state index in [1.807, 2.05) is 49.3 Å². The highest BCUT2D eigenvalue weighted by molar-refractivity contribution is 6.32. The fraction of sp³-hybridized carbons (Fsp3) is 0.273. The molecule has 0 aliphatic rings. The first-order chi connectivity index (χ1) is 6.66. The maximum absolute atomic E-state index is 6.09. The number of halogens is 1. The molecule has 3 heteroatoms. The van der Waals surface area contributed by atoms with E-state index in [4.69, 9.17) is 17.3 Å². The zero-order chi connectivity index (χ0) is 10.6. The van der Waals surface area contributed by atoms with Gasteiger partial charge in [-0.15, -0.1) is 0 Å². The van der Waals surface area contributed by atoms with E-state index in [2.05, 4.69) is 0 Å². The van der Waals surface area contributed by atoms with Crippen molar-refractivity contribution >= 4 is 23.4 Å². The first kappa shape index (κ1) is 11.1. The van der Waals surface area contributed by atoms with E-state index in [0.29, 0.717) is 6.54 Å². The van der Waals surface area contributed by atoms with Crippen molar-refractivity contribution in [2.24, 2.45) is 5.73 Å². The molecule has 0 bridgehead atoms. The fourth-order valence-electron chi connectivity index (χ4n) is 1.27. The molecule has 2 N–H and O–H groups in total. The summed E-state index contributed by atoms with van der Waals surface area (Å²) in [5.41, 5.74) is 7.53. The summed E-state index contributed by atoms with van der Waals surface area (Å²) in [6.07, 6.45) is 3.85. The zero-order valence-corrected chi connectivity index (χ0v) is 9.25. The van der Waals surface area contributed by atoms with E-state index in [9.17, 15) is 0 Å². The van der Waals surface area contributed by atoms with Gasteiger partial charge in [0.15, 0.2) is 0 Å². The van der Waals surface area contributed by atoms with Gasteiger partial charge in [0, 0.05) is 36.9 Å². The maximum Gasteiger partial charge on any atom is 0.0499 e. The summed E-state index contributed by atoms with van der Waals surface area (Å²) >= 11 is 6.09. The second kappa shape index (κ2) is 5.03. The first-order valence-corrected chi connectivity index (χ1v) is 4.87. The van der Waals surface area contributed by atoms with Crippen LogP contribution in [-0.4, -0.2) is 20.6 Å². The molecule has 0 amide bonds. The second-order valence-electron chi connectivity index (χ2n) is 3.21. The van der Waals surface area contributed by atoms with Gasteiger partial charge in [0.05, 0.1) is 0 Å². The summed E-state index contributed by atoms with van der Waals surface area (Å²) in [4.78, 5) is 2.03. The molecule has 0 unspecified atom stereocenters. The second-order valence-corrected chi connectivity index (χ2v) is 3.61. The topological polar surface area (TPSA) is 29.3 Å². The molecule has 0 saturated heterocycles. The molecular formula is C11H15ClN2. The van der Waals surface area contributed by atoms with Crippen LogP contribution in [0.5, 0.6) is 0 Å². The number of anilines is 1.